The van der Waals surface area contributed by atoms with E-state index in [0.29, 0.717) is 17.9 Å². The Balaban J connectivity index is 1.79. The van der Waals surface area contributed by atoms with Gasteiger partial charge in [-0.2, -0.15) is 0 Å². The van der Waals surface area contributed by atoms with Crippen molar-refractivity contribution in [1.82, 2.24) is 9.88 Å². The zero-order valence-electron chi connectivity index (χ0n) is 17.8. The number of likely N-dealkylation sites (tertiary alicyclic amines) is 1. The maximum absolute atomic E-state index is 13.1. The van der Waals surface area contributed by atoms with Gasteiger partial charge in [-0.15, -0.1) is 0 Å². The average Bonchev–Trinajstić information content (AvgIpc) is 3.08. The number of ketones is 1. The molecule has 1 unspecified atom stereocenters. The molecule has 0 saturated carbocycles. The number of rotatable bonds is 7. The van der Waals surface area contributed by atoms with Gasteiger partial charge in [-0.1, -0.05) is 49.4 Å². The van der Waals surface area contributed by atoms with Crippen LogP contribution < -0.4 is 4.74 Å². The van der Waals surface area contributed by atoms with Crippen LogP contribution in [0.4, 0.5) is 0 Å². The molecule has 1 saturated heterocycles. The molecule has 6 heteroatoms. The summed E-state index contributed by atoms with van der Waals surface area (Å²) < 4.78 is 5.67. The van der Waals surface area contributed by atoms with Gasteiger partial charge in [-0.3, -0.25) is 14.6 Å². The second-order valence-electron chi connectivity index (χ2n) is 7.57. The molecule has 1 fully saturated rings. The first kappa shape index (κ1) is 21.3. The molecule has 6 nitrogen and oxygen atoms in total. The highest BCUT2D eigenvalue weighted by Gasteiger charge is 2.46. The van der Waals surface area contributed by atoms with Crippen molar-refractivity contribution < 1.29 is 19.4 Å². The molecule has 1 amide bonds. The van der Waals surface area contributed by atoms with Crippen molar-refractivity contribution in [2.75, 3.05) is 6.61 Å². The van der Waals surface area contributed by atoms with E-state index in [1.165, 1.54) is 17.3 Å². The van der Waals surface area contributed by atoms with E-state index in [2.05, 4.69) is 4.98 Å². The predicted molar refractivity (Wildman–Crippen MR) is 121 cm³/mol. The lowest BCUT2D eigenvalue weighted by molar-refractivity contribution is -0.140. The lowest BCUT2D eigenvalue weighted by Gasteiger charge is -2.25. The summed E-state index contributed by atoms with van der Waals surface area (Å²) in [7, 11) is 0. The van der Waals surface area contributed by atoms with E-state index >= 15 is 0 Å². The van der Waals surface area contributed by atoms with Gasteiger partial charge in [0.05, 0.1) is 18.2 Å². The first-order valence-electron chi connectivity index (χ1n) is 10.6. The van der Waals surface area contributed by atoms with Crippen LogP contribution in [0.5, 0.6) is 5.75 Å². The van der Waals surface area contributed by atoms with Crippen molar-refractivity contribution >= 4 is 17.4 Å². The van der Waals surface area contributed by atoms with Gasteiger partial charge in [-0.05, 0) is 41.8 Å². The Morgan fingerprint density at radius 1 is 1.00 bits per heavy atom. The van der Waals surface area contributed by atoms with Crippen molar-refractivity contribution in [1.29, 1.82) is 0 Å². The Bertz CT molecular complexity index is 1130. The summed E-state index contributed by atoms with van der Waals surface area (Å²) in [6.45, 7) is 2.88. The number of hydrogen-bond donors (Lipinski definition) is 1. The molecule has 1 aromatic heterocycles. The van der Waals surface area contributed by atoms with Crippen LogP contribution in [0.2, 0.25) is 0 Å². The molecular formula is C26H24N2O4. The number of nitrogens with zero attached hydrogens (tertiary/aromatic N) is 2. The lowest BCUT2D eigenvalue weighted by atomic mass is 9.95. The van der Waals surface area contributed by atoms with Gasteiger partial charge in [0.15, 0.2) is 0 Å². The highest BCUT2D eigenvalue weighted by molar-refractivity contribution is 6.46. The number of Topliss-reactive ketones (excluding diaryl/α,β-unsaturated/α-hetero) is 1. The molecule has 0 bridgehead atoms. The normalized spacial score (nSPS) is 17.5. The molecular weight excluding hydrogens is 404 g/mol. The van der Waals surface area contributed by atoms with Crippen molar-refractivity contribution in [3.05, 3.63) is 101 Å². The number of hydrogen-bond acceptors (Lipinski definition) is 5. The lowest BCUT2D eigenvalue weighted by Crippen LogP contribution is -2.29. The van der Waals surface area contributed by atoms with Crippen LogP contribution in [0.1, 0.15) is 36.1 Å². The molecule has 3 aromatic rings. The van der Waals surface area contributed by atoms with Gasteiger partial charge >= 0.3 is 0 Å². The van der Waals surface area contributed by atoms with E-state index in [1.807, 2.05) is 61.5 Å². The molecule has 4 rings (SSSR count). The monoisotopic (exact) mass is 428 g/mol. The van der Waals surface area contributed by atoms with Crippen molar-refractivity contribution in [3.8, 4) is 5.75 Å². The molecule has 2 aromatic carbocycles. The Labute approximate surface area is 186 Å². The first-order chi connectivity index (χ1) is 15.6. The SMILES string of the molecule is CCCOc1ccc(C2C(=C(O)c3ccncc3)C(=O)C(=O)N2Cc2ccccc2)cc1. The number of amides is 1. The minimum Gasteiger partial charge on any atom is -0.507 e. The molecule has 2 heterocycles. The number of ether oxygens (including phenoxy) is 1. The summed E-state index contributed by atoms with van der Waals surface area (Å²) in [4.78, 5) is 31.6. The van der Waals surface area contributed by atoms with Gasteiger partial charge < -0.3 is 14.7 Å². The third kappa shape index (κ3) is 4.25. The smallest absolute Gasteiger partial charge is 0.295 e. The van der Waals surface area contributed by atoms with E-state index < -0.39 is 17.7 Å². The fraction of sp³-hybridized carbons (Fsp3) is 0.192. The largest absolute Gasteiger partial charge is 0.507 e. The molecule has 1 aliphatic rings. The van der Waals surface area contributed by atoms with Crippen LogP contribution in [0.15, 0.2) is 84.7 Å². The van der Waals surface area contributed by atoms with E-state index in [9.17, 15) is 14.7 Å². The second kappa shape index (κ2) is 9.47. The van der Waals surface area contributed by atoms with Crippen LogP contribution >= 0.6 is 0 Å². The molecule has 1 atom stereocenters. The fourth-order valence-corrected chi connectivity index (χ4v) is 3.80. The molecule has 0 radical (unpaired) electrons. The topological polar surface area (TPSA) is 79.7 Å². The van der Waals surface area contributed by atoms with Gasteiger partial charge in [0.2, 0.25) is 0 Å². The Hall–Kier alpha value is -3.93. The van der Waals surface area contributed by atoms with Gasteiger partial charge in [0, 0.05) is 24.5 Å². The van der Waals surface area contributed by atoms with Gasteiger partial charge in [0.25, 0.3) is 11.7 Å². The van der Waals surface area contributed by atoms with E-state index in [1.54, 1.807) is 12.1 Å². The predicted octanol–water partition coefficient (Wildman–Crippen LogP) is 4.49. The molecule has 162 valence electrons. The summed E-state index contributed by atoms with van der Waals surface area (Å²) in [6.07, 6.45) is 3.96. The molecule has 1 aliphatic heterocycles. The fourth-order valence-electron chi connectivity index (χ4n) is 3.80. The number of benzene rings is 2. The summed E-state index contributed by atoms with van der Waals surface area (Å²) >= 11 is 0. The Morgan fingerprint density at radius 2 is 1.69 bits per heavy atom. The summed E-state index contributed by atoms with van der Waals surface area (Å²) in [6, 6.07) is 19.3. The number of pyridine rings is 1. The highest BCUT2D eigenvalue weighted by atomic mass is 16.5. The van der Waals surface area contributed by atoms with Crippen molar-refractivity contribution in [3.63, 3.8) is 0 Å². The van der Waals surface area contributed by atoms with Crippen molar-refractivity contribution in [2.45, 2.75) is 25.9 Å². The van der Waals surface area contributed by atoms with Crippen LogP contribution in [-0.4, -0.2) is 33.3 Å². The zero-order chi connectivity index (χ0) is 22.5. The van der Waals surface area contributed by atoms with E-state index in [-0.39, 0.29) is 17.9 Å². The minimum absolute atomic E-state index is 0.0688. The molecule has 32 heavy (non-hydrogen) atoms. The van der Waals surface area contributed by atoms with E-state index in [0.717, 1.165) is 17.5 Å². The standard InChI is InChI=1S/C26H24N2O4/c1-2-16-32-21-10-8-19(9-11-21)23-22(24(29)20-12-14-27-15-13-20)25(30)26(31)28(23)17-18-6-4-3-5-7-18/h3-15,23,29H,2,16-17H2,1H3. The van der Waals surface area contributed by atoms with E-state index in [4.69, 9.17) is 4.74 Å². The maximum atomic E-state index is 13.1. The van der Waals surface area contributed by atoms with Gasteiger partial charge in [-0.25, -0.2) is 0 Å². The zero-order valence-corrected chi connectivity index (χ0v) is 17.8. The van der Waals surface area contributed by atoms with Crippen LogP contribution in [0.25, 0.3) is 5.76 Å². The van der Waals surface area contributed by atoms with Crippen LogP contribution in [0, 0.1) is 0 Å². The van der Waals surface area contributed by atoms with Gasteiger partial charge in [0.1, 0.15) is 11.5 Å². The number of carbonyl (C=O) groups excluding carboxylic acids is 2. The molecule has 0 spiro atoms. The Kier molecular flexibility index (Phi) is 6.31. The van der Waals surface area contributed by atoms with Crippen LogP contribution in [0.3, 0.4) is 0 Å². The quantitative estimate of drug-likeness (QED) is 0.341. The number of aliphatic hydroxyl groups excluding tert-OH is 1. The summed E-state index contributed by atoms with van der Waals surface area (Å²) in [5.74, 6) is -0.838. The minimum atomic E-state index is -0.719. The first-order valence-corrected chi connectivity index (χ1v) is 10.6. The summed E-state index contributed by atoms with van der Waals surface area (Å²) in [5.41, 5.74) is 2.12. The van der Waals surface area contributed by atoms with Crippen LogP contribution in [-0.2, 0) is 16.1 Å². The average molecular weight is 428 g/mol. The number of carbonyl (C=O) groups is 2. The second-order valence-corrected chi connectivity index (χ2v) is 7.57. The highest BCUT2D eigenvalue weighted by Crippen LogP contribution is 2.40. The number of aliphatic hydroxyl groups is 1. The summed E-state index contributed by atoms with van der Waals surface area (Å²) in [5, 5.41) is 11.0. The Morgan fingerprint density at radius 3 is 2.34 bits per heavy atom. The third-order valence-corrected chi connectivity index (χ3v) is 5.36. The molecule has 0 aliphatic carbocycles. The maximum Gasteiger partial charge on any atom is 0.295 e. The third-order valence-electron chi connectivity index (χ3n) is 5.36. The molecule has 1 N–H and O–H groups in total. The van der Waals surface area contributed by atoms with Crippen molar-refractivity contribution in [2.24, 2.45) is 0 Å². The number of aromatic nitrogens is 1.